The Bertz CT molecular complexity index is 1550. The summed E-state index contributed by atoms with van der Waals surface area (Å²) in [7, 11) is -3.40. The molecule has 1 saturated heterocycles. The second-order valence-corrected chi connectivity index (χ2v) is 11.8. The lowest BCUT2D eigenvalue weighted by molar-refractivity contribution is 0.190. The SMILES string of the molecule is CC(C)S(=O)(=O)c1ccc(-c2cnc(N)c(-c3nnc(-c4ccc(CN[C@H]5CCOC5)cc4F)o3)n2)cc1. The van der Waals surface area contributed by atoms with Crippen LogP contribution in [-0.4, -0.2) is 53.1 Å². The first-order valence-corrected chi connectivity index (χ1v) is 13.7. The van der Waals surface area contributed by atoms with Gasteiger partial charge in [0.15, 0.2) is 21.3 Å². The van der Waals surface area contributed by atoms with E-state index in [0.29, 0.717) is 24.4 Å². The molecule has 1 aliphatic heterocycles. The van der Waals surface area contributed by atoms with Crippen molar-refractivity contribution in [1.82, 2.24) is 25.5 Å². The van der Waals surface area contributed by atoms with Gasteiger partial charge in [-0.05, 0) is 50.1 Å². The lowest BCUT2D eigenvalue weighted by Gasteiger charge is -2.10. The van der Waals surface area contributed by atoms with Crippen molar-refractivity contribution in [2.24, 2.45) is 0 Å². The molecule has 12 heteroatoms. The van der Waals surface area contributed by atoms with E-state index in [-0.39, 0.29) is 39.8 Å². The average molecular weight is 539 g/mol. The smallest absolute Gasteiger partial charge is 0.270 e. The molecule has 5 rings (SSSR count). The van der Waals surface area contributed by atoms with Crippen LogP contribution >= 0.6 is 0 Å². The van der Waals surface area contributed by atoms with Crippen molar-refractivity contribution in [2.75, 3.05) is 18.9 Å². The zero-order chi connectivity index (χ0) is 26.9. The van der Waals surface area contributed by atoms with E-state index in [2.05, 4.69) is 25.5 Å². The van der Waals surface area contributed by atoms with Gasteiger partial charge in [0.2, 0.25) is 0 Å². The summed E-state index contributed by atoms with van der Waals surface area (Å²) in [5, 5.41) is 10.8. The maximum Gasteiger partial charge on any atom is 0.270 e. The van der Waals surface area contributed by atoms with Crippen molar-refractivity contribution in [3.8, 4) is 34.3 Å². The van der Waals surface area contributed by atoms with E-state index in [1.165, 1.54) is 24.4 Å². The van der Waals surface area contributed by atoms with Crippen molar-refractivity contribution < 1.29 is 22.0 Å². The first-order chi connectivity index (χ1) is 18.2. The number of aromatic nitrogens is 4. The monoisotopic (exact) mass is 538 g/mol. The van der Waals surface area contributed by atoms with Crippen molar-refractivity contribution in [1.29, 1.82) is 0 Å². The fraction of sp³-hybridized carbons (Fsp3) is 0.308. The Morgan fingerprint density at radius 2 is 1.89 bits per heavy atom. The number of benzene rings is 2. The largest absolute Gasteiger partial charge is 0.414 e. The van der Waals surface area contributed by atoms with Crippen LogP contribution in [0.2, 0.25) is 0 Å². The summed E-state index contributed by atoms with van der Waals surface area (Å²) in [5.74, 6) is -0.472. The topological polar surface area (TPSA) is 146 Å². The zero-order valence-corrected chi connectivity index (χ0v) is 21.7. The molecule has 0 saturated carbocycles. The van der Waals surface area contributed by atoms with E-state index in [1.807, 2.05) is 0 Å². The van der Waals surface area contributed by atoms with Crippen LogP contribution in [0, 0.1) is 5.82 Å². The van der Waals surface area contributed by atoms with Crippen LogP contribution in [0.25, 0.3) is 34.3 Å². The molecular weight excluding hydrogens is 511 g/mol. The summed E-state index contributed by atoms with van der Waals surface area (Å²) in [6, 6.07) is 11.4. The minimum atomic E-state index is -3.40. The van der Waals surface area contributed by atoms with Crippen LogP contribution in [0.4, 0.5) is 10.2 Å². The van der Waals surface area contributed by atoms with Gasteiger partial charge in [0.1, 0.15) is 5.82 Å². The normalized spacial score (nSPS) is 15.8. The van der Waals surface area contributed by atoms with Crippen LogP contribution in [0.1, 0.15) is 25.8 Å². The molecule has 1 aliphatic rings. The van der Waals surface area contributed by atoms with Gasteiger partial charge in [-0.1, -0.05) is 18.2 Å². The number of nitrogens with zero attached hydrogens (tertiary/aromatic N) is 4. The van der Waals surface area contributed by atoms with Crippen molar-refractivity contribution in [2.45, 2.75) is 43.0 Å². The highest BCUT2D eigenvalue weighted by atomic mass is 32.2. The van der Waals surface area contributed by atoms with Crippen LogP contribution in [0.3, 0.4) is 0 Å². The molecule has 10 nitrogen and oxygen atoms in total. The first kappa shape index (κ1) is 25.9. The number of nitrogens with one attached hydrogen (secondary N) is 1. The van der Waals surface area contributed by atoms with Crippen LogP contribution in [-0.2, 0) is 21.1 Å². The van der Waals surface area contributed by atoms with Gasteiger partial charge in [-0.15, -0.1) is 10.2 Å². The van der Waals surface area contributed by atoms with Crippen LogP contribution < -0.4 is 11.1 Å². The fourth-order valence-corrected chi connectivity index (χ4v) is 5.07. The Morgan fingerprint density at radius 1 is 1.13 bits per heavy atom. The van der Waals surface area contributed by atoms with Gasteiger partial charge in [-0.2, -0.15) is 0 Å². The Morgan fingerprint density at radius 3 is 2.58 bits per heavy atom. The molecule has 0 unspecified atom stereocenters. The Kier molecular flexibility index (Phi) is 7.19. The lowest BCUT2D eigenvalue weighted by atomic mass is 10.1. The number of nitrogens with two attached hydrogens (primary N) is 1. The Balaban J connectivity index is 1.37. The molecule has 0 aliphatic carbocycles. The molecule has 1 fully saturated rings. The van der Waals surface area contributed by atoms with Gasteiger partial charge < -0.3 is 20.2 Å². The average Bonchev–Trinajstić information content (AvgIpc) is 3.60. The minimum absolute atomic E-state index is 0.0165. The molecule has 2 aromatic heterocycles. The van der Waals surface area contributed by atoms with Gasteiger partial charge in [-0.25, -0.2) is 22.8 Å². The molecular formula is C26H27FN6O4S. The zero-order valence-electron chi connectivity index (χ0n) is 20.9. The molecule has 0 radical (unpaired) electrons. The number of halogens is 1. The molecule has 0 amide bonds. The third kappa shape index (κ3) is 5.28. The summed E-state index contributed by atoms with van der Waals surface area (Å²) in [4.78, 5) is 8.89. The van der Waals surface area contributed by atoms with Crippen molar-refractivity contribution in [3.05, 3.63) is 60.0 Å². The first-order valence-electron chi connectivity index (χ1n) is 12.1. The van der Waals surface area contributed by atoms with Crippen molar-refractivity contribution >= 4 is 15.7 Å². The number of hydrogen-bond donors (Lipinski definition) is 2. The van der Waals surface area contributed by atoms with E-state index in [4.69, 9.17) is 14.9 Å². The summed E-state index contributed by atoms with van der Waals surface area (Å²) < 4.78 is 50.8. The van der Waals surface area contributed by atoms with Crippen LogP contribution in [0.15, 0.2) is 58.0 Å². The van der Waals surface area contributed by atoms with Gasteiger partial charge >= 0.3 is 0 Å². The highest BCUT2D eigenvalue weighted by Gasteiger charge is 2.21. The van der Waals surface area contributed by atoms with Crippen molar-refractivity contribution in [3.63, 3.8) is 0 Å². The van der Waals surface area contributed by atoms with E-state index >= 15 is 0 Å². The minimum Gasteiger partial charge on any atom is -0.414 e. The fourth-order valence-electron chi connectivity index (χ4n) is 4.01. The quantitative estimate of drug-likeness (QED) is 0.341. The van der Waals surface area contributed by atoms with Crippen LogP contribution in [0.5, 0.6) is 0 Å². The van der Waals surface area contributed by atoms with E-state index in [9.17, 15) is 12.8 Å². The second kappa shape index (κ2) is 10.6. The number of nitrogen functional groups attached to an aromatic ring is 1. The molecule has 0 bridgehead atoms. The van der Waals surface area contributed by atoms with Gasteiger partial charge in [0, 0.05) is 24.8 Å². The highest BCUT2D eigenvalue weighted by molar-refractivity contribution is 7.92. The summed E-state index contributed by atoms with van der Waals surface area (Å²) in [6.45, 7) is 5.17. The maximum atomic E-state index is 14.9. The van der Waals surface area contributed by atoms with Gasteiger partial charge in [0.25, 0.3) is 11.8 Å². The number of ether oxygens (including phenoxy) is 1. The summed E-state index contributed by atoms with van der Waals surface area (Å²) >= 11 is 0. The summed E-state index contributed by atoms with van der Waals surface area (Å²) in [5.41, 5.74) is 8.16. The molecule has 3 heterocycles. The van der Waals surface area contributed by atoms with E-state index in [1.54, 1.807) is 38.1 Å². The Labute approximate surface area is 219 Å². The third-order valence-corrected chi connectivity index (χ3v) is 8.49. The lowest BCUT2D eigenvalue weighted by Crippen LogP contribution is -2.28. The van der Waals surface area contributed by atoms with E-state index < -0.39 is 20.9 Å². The number of rotatable bonds is 8. The molecule has 2 aromatic carbocycles. The van der Waals surface area contributed by atoms with E-state index in [0.717, 1.165) is 18.6 Å². The molecule has 38 heavy (non-hydrogen) atoms. The molecule has 4 aromatic rings. The highest BCUT2D eigenvalue weighted by Crippen LogP contribution is 2.30. The van der Waals surface area contributed by atoms with Gasteiger partial charge in [0.05, 0.1) is 34.2 Å². The number of hydrogen-bond acceptors (Lipinski definition) is 10. The maximum absolute atomic E-state index is 14.9. The number of anilines is 1. The second-order valence-electron chi connectivity index (χ2n) is 9.28. The number of sulfone groups is 1. The molecule has 3 N–H and O–H groups in total. The van der Waals surface area contributed by atoms with Gasteiger partial charge in [-0.3, -0.25) is 0 Å². The predicted molar refractivity (Wildman–Crippen MR) is 139 cm³/mol. The molecule has 198 valence electrons. The molecule has 0 spiro atoms. The molecule has 1 atom stereocenters. The third-order valence-electron chi connectivity index (χ3n) is 6.32. The standard InChI is InChI=1S/C26H27FN6O4S/c1-15(2)38(34,35)19-6-4-17(5-7-19)22-13-30-24(28)23(31-22)26-33-32-25(37-26)20-8-3-16(11-21(20)27)12-29-18-9-10-36-14-18/h3-8,11,13,15,18,29H,9-10,12,14H2,1-2H3,(H2,28,30)/t18-/m0/s1. The summed E-state index contributed by atoms with van der Waals surface area (Å²) in [6.07, 6.45) is 2.40. The Hall–Kier alpha value is -3.74. The predicted octanol–water partition coefficient (Wildman–Crippen LogP) is 3.64.